The Morgan fingerprint density at radius 1 is 1.31 bits per heavy atom. The summed E-state index contributed by atoms with van der Waals surface area (Å²) >= 11 is 6.01. The van der Waals surface area contributed by atoms with Crippen molar-refractivity contribution >= 4 is 29.1 Å². The summed E-state index contributed by atoms with van der Waals surface area (Å²) < 4.78 is 6.93. The molecule has 0 aliphatic carbocycles. The van der Waals surface area contributed by atoms with Crippen molar-refractivity contribution in [3.63, 3.8) is 0 Å². The van der Waals surface area contributed by atoms with Gasteiger partial charge in [0.1, 0.15) is 11.3 Å². The van der Waals surface area contributed by atoms with Gasteiger partial charge in [0.2, 0.25) is 5.91 Å². The van der Waals surface area contributed by atoms with E-state index in [0.717, 1.165) is 12.8 Å². The van der Waals surface area contributed by atoms with E-state index in [1.54, 1.807) is 43.0 Å². The summed E-state index contributed by atoms with van der Waals surface area (Å²) in [4.78, 5) is 32.7. The lowest BCUT2D eigenvalue weighted by atomic mass is 10.0. The van der Waals surface area contributed by atoms with Gasteiger partial charge in [-0.15, -0.1) is 0 Å². The van der Waals surface area contributed by atoms with E-state index in [0.29, 0.717) is 42.6 Å². The lowest BCUT2D eigenvalue weighted by Gasteiger charge is -2.38. The number of rotatable bonds is 5. The number of methoxy groups -OCH3 is 1. The molecule has 1 saturated heterocycles. The summed E-state index contributed by atoms with van der Waals surface area (Å²) in [5.41, 5.74) is 1.06. The first-order valence-electron chi connectivity index (χ1n) is 8.69. The summed E-state index contributed by atoms with van der Waals surface area (Å²) in [6, 6.07) is 3.60. The third-order valence-electron chi connectivity index (χ3n) is 4.78. The number of fused-ring (bicyclic) bond motifs is 1. The normalized spacial score (nSPS) is 15.4. The van der Waals surface area contributed by atoms with Crippen molar-refractivity contribution < 1.29 is 14.3 Å². The molecule has 3 heterocycles. The molecule has 2 aromatic heterocycles. The number of aromatic nitrogens is 2. The monoisotopic (exact) mass is 378 g/mol. The van der Waals surface area contributed by atoms with Crippen molar-refractivity contribution in [3.8, 4) is 0 Å². The Balaban J connectivity index is 1.79. The number of amides is 2. The first-order chi connectivity index (χ1) is 12.5. The van der Waals surface area contributed by atoms with Gasteiger partial charge in [-0.05, 0) is 25.0 Å². The van der Waals surface area contributed by atoms with E-state index in [-0.39, 0.29) is 17.9 Å². The van der Waals surface area contributed by atoms with Crippen LogP contribution in [-0.2, 0) is 9.53 Å². The van der Waals surface area contributed by atoms with Gasteiger partial charge >= 0.3 is 0 Å². The molecule has 2 amide bonds. The highest BCUT2D eigenvalue weighted by molar-refractivity contribution is 6.30. The van der Waals surface area contributed by atoms with Gasteiger partial charge in [0, 0.05) is 52.1 Å². The third-order valence-corrected chi connectivity index (χ3v) is 5.01. The minimum atomic E-state index is -0.122. The molecular formula is C18H23ClN4O3. The Morgan fingerprint density at radius 2 is 2.04 bits per heavy atom. The molecule has 0 aromatic carbocycles. The lowest BCUT2D eigenvalue weighted by molar-refractivity contribution is -0.130. The maximum absolute atomic E-state index is 13.1. The molecule has 0 bridgehead atoms. The first-order valence-corrected chi connectivity index (χ1v) is 9.07. The second-order valence-electron chi connectivity index (χ2n) is 6.47. The maximum atomic E-state index is 13.1. The van der Waals surface area contributed by atoms with Crippen molar-refractivity contribution in [1.29, 1.82) is 0 Å². The van der Waals surface area contributed by atoms with Gasteiger partial charge in [0.25, 0.3) is 5.91 Å². The van der Waals surface area contributed by atoms with Gasteiger partial charge in [-0.25, -0.2) is 4.98 Å². The molecule has 3 rings (SSSR count). The van der Waals surface area contributed by atoms with Crippen LogP contribution in [0.25, 0.3) is 5.65 Å². The smallest absolute Gasteiger partial charge is 0.274 e. The number of likely N-dealkylation sites (tertiary alicyclic amines) is 1. The molecular weight excluding hydrogens is 356 g/mol. The fourth-order valence-electron chi connectivity index (χ4n) is 3.35. The Labute approximate surface area is 157 Å². The SMILES string of the molecule is COCCN(C(=O)c1cn2cc(Cl)ccc2n1)C1CCN(C(C)=O)CC1. The van der Waals surface area contributed by atoms with Crippen LogP contribution in [0.5, 0.6) is 0 Å². The van der Waals surface area contributed by atoms with Crippen molar-refractivity contribution in [2.24, 2.45) is 0 Å². The van der Waals surface area contributed by atoms with E-state index in [9.17, 15) is 9.59 Å². The van der Waals surface area contributed by atoms with Crippen LogP contribution in [0.1, 0.15) is 30.3 Å². The van der Waals surface area contributed by atoms with E-state index in [1.807, 2.05) is 9.80 Å². The van der Waals surface area contributed by atoms with Crippen LogP contribution in [0.4, 0.5) is 0 Å². The zero-order valence-electron chi connectivity index (χ0n) is 15.0. The summed E-state index contributed by atoms with van der Waals surface area (Å²) in [6.45, 7) is 3.86. The number of pyridine rings is 1. The van der Waals surface area contributed by atoms with Gasteiger partial charge in [-0.1, -0.05) is 11.6 Å². The minimum absolute atomic E-state index is 0.0710. The van der Waals surface area contributed by atoms with Gasteiger partial charge in [0.05, 0.1) is 11.6 Å². The molecule has 1 aliphatic heterocycles. The fraction of sp³-hybridized carbons (Fsp3) is 0.500. The molecule has 1 aliphatic rings. The van der Waals surface area contributed by atoms with Gasteiger partial charge in [-0.2, -0.15) is 0 Å². The van der Waals surface area contributed by atoms with Crippen LogP contribution in [0.15, 0.2) is 24.5 Å². The van der Waals surface area contributed by atoms with Crippen LogP contribution in [0, 0.1) is 0 Å². The fourth-order valence-corrected chi connectivity index (χ4v) is 3.51. The second kappa shape index (κ2) is 8.05. The molecule has 1 fully saturated rings. The van der Waals surface area contributed by atoms with Crippen molar-refractivity contribution in [1.82, 2.24) is 19.2 Å². The van der Waals surface area contributed by atoms with E-state index in [2.05, 4.69) is 4.98 Å². The standard InChI is InChI=1S/C18H23ClN4O3/c1-13(24)21-7-5-15(6-8-21)23(9-10-26-2)18(25)16-12-22-11-14(19)3-4-17(22)20-16/h3-4,11-12,15H,5-10H2,1-2H3. The molecule has 0 N–H and O–H groups in total. The topological polar surface area (TPSA) is 67.2 Å². The molecule has 7 nitrogen and oxygen atoms in total. The van der Waals surface area contributed by atoms with E-state index in [1.165, 1.54) is 0 Å². The summed E-state index contributed by atoms with van der Waals surface area (Å²) in [5.74, 6) is -0.0430. The Morgan fingerprint density at radius 3 is 2.69 bits per heavy atom. The number of hydrogen-bond donors (Lipinski definition) is 0. The summed E-state index contributed by atoms with van der Waals surface area (Å²) in [7, 11) is 1.62. The van der Waals surface area contributed by atoms with Crippen LogP contribution in [0.2, 0.25) is 5.02 Å². The van der Waals surface area contributed by atoms with Gasteiger partial charge < -0.3 is 18.9 Å². The molecule has 0 spiro atoms. The Hall–Kier alpha value is -2.12. The molecule has 0 radical (unpaired) electrons. The molecule has 2 aromatic rings. The molecule has 140 valence electrons. The number of carbonyl (C=O) groups is 2. The number of halogens is 1. The molecule has 8 heteroatoms. The number of ether oxygens (including phenoxy) is 1. The molecule has 26 heavy (non-hydrogen) atoms. The largest absolute Gasteiger partial charge is 0.383 e. The number of nitrogens with zero attached hydrogens (tertiary/aromatic N) is 4. The van der Waals surface area contributed by atoms with Crippen molar-refractivity contribution in [2.45, 2.75) is 25.8 Å². The van der Waals surface area contributed by atoms with E-state index in [4.69, 9.17) is 16.3 Å². The zero-order valence-corrected chi connectivity index (χ0v) is 15.8. The highest BCUT2D eigenvalue weighted by atomic mass is 35.5. The lowest BCUT2D eigenvalue weighted by Crippen LogP contribution is -2.49. The predicted molar refractivity (Wildman–Crippen MR) is 98.4 cm³/mol. The molecule has 0 saturated carbocycles. The van der Waals surface area contributed by atoms with Gasteiger partial charge in [-0.3, -0.25) is 9.59 Å². The van der Waals surface area contributed by atoms with Crippen LogP contribution >= 0.6 is 11.6 Å². The van der Waals surface area contributed by atoms with E-state index >= 15 is 0 Å². The zero-order chi connectivity index (χ0) is 18.7. The van der Waals surface area contributed by atoms with Crippen LogP contribution in [-0.4, -0.2) is 70.4 Å². The number of piperidine rings is 1. The highest BCUT2D eigenvalue weighted by Crippen LogP contribution is 2.20. The quantitative estimate of drug-likeness (QED) is 0.799. The Bertz CT molecular complexity index is 799. The number of carbonyl (C=O) groups excluding carboxylic acids is 2. The number of hydrogen-bond acceptors (Lipinski definition) is 4. The second-order valence-corrected chi connectivity index (χ2v) is 6.90. The minimum Gasteiger partial charge on any atom is -0.383 e. The molecule has 0 atom stereocenters. The highest BCUT2D eigenvalue weighted by Gasteiger charge is 2.30. The molecule has 0 unspecified atom stereocenters. The van der Waals surface area contributed by atoms with Crippen molar-refractivity contribution in [2.75, 3.05) is 33.4 Å². The first kappa shape index (κ1) is 18.7. The van der Waals surface area contributed by atoms with Crippen molar-refractivity contribution in [3.05, 3.63) is 35.2 Å². The predicted octanol–water partition coefficient (Wildman–Crippen LogP) is 2.09. The average molecular weight is 379 g/mol. The average Bonchev–Trinajstić information content (AvgIpc) is 3.05. The third kappa shape index (κ3) is 3.99. The summed E-state index contributed by atoms with van der Waals surface area (Å²) in [5, 5.41) is 0.585. The summed E-state index contributed by atoms with van der Waals surface area (Å²) in [6.07, 6.45) is 4.95. The maximum Gasteiger partial charge on any atom is 0.274 e. The van der Waals surface area contributed by atoms with Gasteiger partial charge in [0.15, 0.2) is 0 Å². The van der Waals surface area contributed by atoms with Crippen LogP contribution in [0.3, 0.4) is 0 Å². The number of imidazole rings is 1. The van der Waals surface area contributed by atoms with Crippen LogP contribution < -0.4 is 0 Å². The van der Waals surface area contributed by atoms with E-state index < -0.39 is 0 Å². The Kier molecular flexibility index (Phi) is 5.78.